The van der Waals surface area contributed by atoms with Crippen LogP contribution >= 0.6 is 0 Å². The zero-order chi connectivity index (χ0) is 40.5. The van der Waals surface area contributed by atoms with Crippen LogP contribution in [0, 0.1) is 29.6 Å². The fraction of sp³-hybridized carbons (Fsp3) is 0.780. The number of carbonyl (C=O) groups is 3. The minimum absolute atomic E-state index is 0.0364. The summed E-state index contributed by atoms with van der Waals surface area (Å²) in [5.74, 6) is -4.73. The van der Waals surface area contributed by atoms with Crippen LogP contribution in [0.25, 0.3) is 0 Å². The molecular formula is C41H67NO12. The molecule has 13 nitrogen and oxygen atoms in total. The number of fused-ring (bicyclic) bond motifs is 2. The number of ketones is 1. The van der Waals surface area contributed by atoms with Gasteiger partial charge in [-0.1, -0.05) is 65.8 Å². The second-order valence-corrected chi connectivity index (χ2v) is 16.1. The number of rotatable bonds is 10. The van der Waals surface area contributed by atoms with Crippen molar-refractivity contribution >= 4 is 17.8 Å². The number of hydrogen-bond donors (Lipinski definition) is 5. The number of hydrogen-bond acceptors (Lipinski definition) is 12. The Bertz CT molecular complexity index is 1350. The molecule has 1 unspecified atom stereocenters. The number of ether oxygens (including phenoxy) is 5. The van der Waals surface area contributed by atoms with Crippen LogP contribution in [0.5, 0.6) is 0 Å². The molecule has 3 aliphatic heterocycles. The summed E-state index contributed by atoms with van der Waals surface area (Å²) in [6, 6.07) is 0. The highest BCUT2D eigenvalue weighted by Gasteiger charge is 2.42. The third kappa shape index (κ3) is 12.7. The molecule has 1 amide bonds. The van der Waals surface area contributed by atoms with E-state index in [0.717, 1.165) is 11.1 Å². The molecule has 15 atom stereocenters. The van der Waals surface area contributed by atoms with Crippen molar-refractivity contribution in [2.45, 2.75) is 175 Å². The van der Waals surface area contributed by atoms with E-state index in [2.05, 4.69) is 0 Å². The van der Waals surface area contributed by atoms with E-state index >= 15 is 0 Å². The second-order valence-electron chi connectivity index (χ2n) is 16.1. The third-order valence-corrected chi connectivity index (χ3v) is 11.5. The van der Waals surface area contributed by atoms with Crippen LogP contribution in [0.4, 0.5) is 4.79 Å². The van der Waals surface area contributed by atoms with Gasteiger partial charge in [0.05, 0.1) is 30.8 Å². The first-order chi connectivity index (χ1) is 25.3. The molecule has 0 saturated carbocycles. The molecular weight excluding hydrogens is 698 g/mol. The summed E-state index contributed by atoms with van der Waals surface area (Å²) < 4.78 is 29.8. The van der Waals surface area contributed by atoms with Gasteiger partial charge in [-0.2, -0.15) is 0 Å². The number of primary amides is 1. The summed E-state index contributed by atoms with van der Waals surface area (Å²) in [5, 5.41) is 44.8. The highest BCUT2D eigenvalue weighted by atomic mass is 16.7. The molecule has 0 aromatic heterocycles. The molecule has 13 heteroatoms. The van der Waals surface area contributed by atoms with Crippen LogP contribution in [0.15, 0.2) is 35.5 Å². The van der Waals surface area contributed by atoms with E-state index in [1.54, 1.807) is 20.8 Å². The van der Waals surface area contributed by atoms with E-state index < -0.39 is 97.1 Å². The molecule has 0 aliphatic carbocycles. The Morgan fingerprint density at radius 2 is 1.72 bits per heavy atom. The quantitative estimate of drug-likeness (QED) is 0.147. The molecule has 0 aromatic rings. The van der Waals surface area contributed by atoms with Crippen molar-refractivity contribution in [2.24, 2.45) is 35.3 Å². The summed E-state index contributed by atoms with van der Waals surface area (Å²) in [6.45, 7) is 16.4. The molecule has 308 valence electrons. The Morgan fingerprint density at radius 3 is 2.37 bits per heavy atom. The Hall–Kier alpha value is -2.65. The van der Waals surface area contributed by atoms with Crippen LogP contribution in [-0.2, 0) is 33.3 Å². The van der Waals surface area contributed by atoms with E-state index in [4.69, 9.17) is 29.4 Å². The van der Waals surface area contributed by atoms with Gasteiger partial charge in [0.2, 0.25) is 0 Å². The first-order valence-corrected chi connectivity index (χ1v) is 19.7. The minimum atomic E-state index is -1.80. The fourth-order valence-electron chi connectivity index (χ4n) is 7.99. The standard InChI is InChI=1S/C41H67NO12/c1-10-31(43)27(7)36(46)25(5)19-26(6)39-28(8)35(45)22(2)15-16-30(51-34-20-32(52-40(42)48)37(47)29(9)50-34)14-12-11-13-23(3)38-24(4)17-18-41(49,54-38)21-33(44)53-39/h13,15-17,22,25-30,32,34-39,45-47,49H,10-12,14,18-21H2,1-9H3,(H2,42,48)/b16-15-,23-13-/t22-,25+,26+,27+,28+,29+,30+,32+,34-,35?,36-,37+,38+,39+,41+/m0/s1. The van der Waals surface area contributed by atoms with Gasteiger partial charge in [-0.05, 0) is 69.4 Å². The number of Topliss-reactive ketones (excluding diaryl/α,β-unsaturated/α-hetero) is 1. The van der Waals surface area contributed by atoms with Crippen LogP contribution in [0.3, 0.4) is 0 Å². The zero-order valence-electron chi connectivity index (χ0n) is 33.7. The number of amides is 1. The second kappa shape index (κ2) is 20.5. The monoisotopic (exact) mass is 765 g/mol. The Morgan fingerprint density at radius 1 is 1.06 bits per heavy atom. The number of nitrogens with two attached hydrogens (primary N) is 1. The van der Waals surface area contributed by atoms with Crippen LogP contribution in [-0.4, -0.2) is 99.2 Å². The molecule has 1 fully saturated rings. The maximum atomic E-state index is 13.6. The maximum Gasteiger partial charge on any atom is 0.404 e. The molecule has 3 heterocycles. The number of carbonyl (C=O) groups excluding carboxylic acids is 3. The van der Waals surface area contributed by atoms with Crippen LogP contribution in [0.2, 0.25) is 0 Å². The topological polar surface area (TPSA) is 204 Å². The average molecular weight is 766 g/mol. The van der Waals surface area contributed by atoms with Gasteiger partial charge in [0.1, 0.15) is 30.2 Å². The normalized spacial score (nSPS) is 38.5. The first kappa shape index (κ1) is 45.7. The largest absolute Gasteiger partial charge is 0.462 e. The van der Waals surface area contributed by atoms with Gasteiger partial charge < -0.3 is 49.8 Å². The van der Waals surface area contributed by atoms with Crippen molar-refractivity contribution in [1.82, 2.24) is 0 Å². The first-order valence-electron chi connectivity index (χ1n) is 19.7. The van der Waals surface area contributed by atoms with Gasteiger partial charge in [0, 0.05) is 37.0 Å². The van der Waals surface area contributed by atoms with Crippen molar-refractivity contribution in [3.05, 3.63) is 35.5 Å². The van der Waals surface area contributed by atoms with Gasteiger partial charge in [-0.3, -0.25) is 9.59 Å². The van der Waals surface area contributed by atoms with Gasteiger partial charge in [-0.25, -0.2) is 4.79 Å². The van der Waals surface area contributed by atoms with Gasteiger partial charge >= 0.3 is 12.1 Å². The SMILES string of the molecule is CCC(=O)[C@@H](C)[C@@H](O)[C@H](C)C[C@@H](C)[C@H]1OC(=O)C[C@@]2(O)CC=C(C)[C@H](O2)/C(C)=C\CCC[C@@H](O[C@H]2C[C@@H](OC(N)=O)[C@H](O)[C@@H](C)O2)/C=C\[C@H](C)C(O)[C@H]1C. The third-order valence-electron chi connectivity index (χ3n) is 11.5. The van der Waals surface area contributed by atoms with E-state index in [1.807, 2.05) is 65.8 Å². The predicted octanol–water partition coefficient (Wildman–Crippen LogP) is 5.01. The summed E-state index contributed by atoms with van der Waals surface area (Å²) in [6.07, 6.45) is 1.87. The lowest BCUT2D eigenvalue weighted by molar-refractivity contribution is -0.254. The van der Waals surface area contributed by atoms with Crippen LogP contribution < -0.4 is 5.73 Å². The number of esters is 1. The number of aliphatic hydroxyl groups is 4. The highest BCUT2D eigenvalue weighted by molar-refractivity contribution is 5.80. The van der Waals surface area contributed by atoms with Gasteiger partial charge in [-0.15, -0.1) is 0 Å². The highest BCUT2D eigenvalue weighted by Crippen LogP contribution is 2.36. The predicted molar refractivity (Wildman–Crippen MR) is 201 cm³/mol. The average Bonchev–Trinajstić information content (AvgIpc) is 3.11. The lowest BCUT2D eigenvalue weighted by Gasteiger charge is -2.39. The van der Waals surface area contributed by atoms with Gasteiger partial charge in [0.15, 0.2) is 12.1 Å². The summed E-state index contributed by atoms with van der Waals surface area (Å²) in [7, 11) is 0. The number of allylic oxidation sites excluding steroid dienone is 1. The smallest absolute Gasteiger partial charge is 0.404 e. The molecule has 0 spiro atoms. The van der Waals surface area contributed by atoms with Crippen molar-refractivity contribution in [1.29, 1.82) is 0 Å². The van der Waals surface area contributed by atoms with Crippen molar-refractivity contribution in [2.75, 3.05) is 0 Å². The number of cyclic esters (lactones) is 1. The Balaban J connectivity index is 1.94. The molecule has 2 bridgehead atoms. The molecule has 0 aromatic carbocycles. The Kier molecular flexibility index (Phi) is 17.4. The van der Waals surface area contributed by atoms with Crippen molar-refractivity contribution in [3.63, 3.8) is 0 Å². The van der Waals surface area contributed by atoms with Crippen molar-refractivity contribution in [3.8, 4) is 0 Å². The molecule has 54 heavy (non-hydrogen) atoms. The molecule has 1 saturated heterocycles. The Labute approximate surface area is 321 Å². The van der Waals surface area contributed by atoms with E-state index in [1.165, 1.54) is 0 Å². The van der Waals surface area contributed by atoms with E-state index in [9.17, 15) is 34.8 Å². The van der Waals surface area contributed by atoms with Gasteiger partial charge in [0.25, 0.3) is 0 Å². The molecule has 0 radical (unpaired) electrons. The number of aliphatic hydroxyl groups excluding tert-OH is 3. The summed E-state index contributed by atoms with van der Waals surface area (Å²) in [5.41, 5.74) is 7.05. The van der Waals surface area contributed by atoms with Crippen LogP contribution in [0.1, 0.15) is 114 Å². The summed E-state index contributed by atoms with van der Waals surface area (Å²) in [4.78, 5) is 37.5. The van der Waals surface area contributed by atoms with Crippen molar-refractivity contribution < 1.29 is 58.5 Å². The lowest BCUT2D eigenvalue weighted by Crippen LogP contribution is -2.50. The maximum absolute atomic E-state index is 13.6. The molecule has 3 rings (SSSR count). The lowest BCUT2D eigenvalue weighted by atomic mass is 9.78. The molecule has 6 N–H and O–H groups in total. The summed E-state index contributed by atoms with van der Waals surface area (Å²) >= 11 is 0. The van der Waals surface area contributed by atoms with E-state index in [-0.39, 0.29) is 30.5 Å². The minimum Gasteiger partial charge on any atom is -0.462 e. The van der Waals surface area contributed by atoms with E-state index in [0.29, 0.717) is 32.1 Å². The molecule has 3 aliphatic rings. The fourth-order valence-corrected chi connectivity index (χ4v) is 7.99. The zero-order valence-corrected chi connectivity index (χ0v) is 33.7.